The van der Waals surface area contributed by atoms with Gasteiger partial charge in [-0.1, -0.05) is 61.3 Å². The summed E-state index contributed by atoms with van der Waals surface area (Å²) in [7, 11) is 0. The fourth-order valence-corrected chi connectivity index (χ4v) is 3.23. The second kappa shape index (κ2) is 10.9. The van der Waals surface area contributed by atoms with Crippen LogP contribution in [0.1, 0.15) is 43.4 Å². The third kappa shape index (κ3) is 6.38. The van der Waals surface area contributed by atoms with E-state index in [0.717, 1.165) is 29.5 Å². The molecule has 0 heterocycles. The minimum absolute atomic E-state index is 0.0938. The van der Waals surface area contributed by atoms with Crippen LogP contribution in [0.5, 0.6) is 0 Å². The Morgan fingerprint density at radius 1 is 1.14 bits per heavy atom. The number of benzene rings is 2. The number of aryl methyl sites for hydroxylation is 1. The van der Waals surface area contributed by atoms with E-state index in [0.29, 0.717) is 18.1 Å². The van der Waals surface area contributed by atoms with E-state index in [4.69, 9.17) is 11.6 Å². The van der Waals surface area contributed by atoms with Crippen LogP contribution in [0.25, 0.3) is 0 Å². The van der Waals surface area contributed by atoms with Gasteiger partial charge in [-0.25, -0.2) is 0 Å². The Labute approximate surface area is 172 Å². The monoisotopic (exact) mass is 400 g/mol. The zero-order valence-corrected chi connectivity index (χ0v) is 17.6. The number of nitrogens with one attached hydrogen (secondary N) is 1. The minimum Gasteiger partial charge on any atom is -0.354 e. The van der Waals surface area contributed by atoms with Crippen molar-refractivity contribution < 1.29 is 9.59 Å². The molecule has 5 heteroatoms. The van der Waals surface area contributed by atoms with Gasteiger partial charge in [0.15, 0.2) is 0 Å². The normalized spacial score (nSPS) is 11.7. The first-order valence-corrected chi connectivity index (χ1v) is 10.2. The van der Waals surface area contributed by atoms with Crippen LogP contribution in [0.15, 0.2) is 48.5 Å². The van der Waals surface area contributed by atoms with E-state index in [1.165, 1.54) is 0 Å². The summed E-state index contributed by atoms with van der Waals surface area (Å²) in [6.07, 6.45) is 2.14. The van der Waals surface area contributed by atoms with E-state index in [1.807, 2.05) is 43.3 Å². The van der Waals surface area contributed by atoms with Gasteiger partial charge in [-0.2, -0.15) is 0 Å². The van der Waals surface area contributed by atoms with Crippen LogP contribution in [-0.2, 0) is 22.6 Å². The first-order valence-electron chi connectivity index (χ1n) is 9.78. The maximum atomic E-state index is 13.1. The molecule has 2 rings (SSSR count). The van der Waals surface area contributed by atoms with E-state index in [2.05, 4.69) is 12.2 Å². The molecule has 0 unspecified atom stereocenters. The van der Waals surface area contributed by atoms with Gasteiger partial charge in [0.25, 0.3) is 0 Å². The van der Waals surface area contributed by atoms with Gasteiger partial charge in [0.1, 0.15) is 6.04 Å². The van der Waals surface area contributed by atoms with Gasteiger partial charge in [0.2, 0.25) is 11.8 Å². The van der Waals surface area contributed by atoms with Gasteiger partial charge in [0.05, 0.1) is 6.42 Å². The molecule has 2 amide bonds. The van der Waals surface area contributed by atoms with Crippen molar-refractivity contribution in [1.82, 2.24) is 10.2 Å². The molecule has 0 saturated heterocycles. The number of halogens is 1. The molecule has 0 aliphatic heterocycles. The molecule has 2 aromatic rings. The van der Waals surface area contributed by atoms with Crippen molar-refractivity contribution in [3.8, 4) is 0 Å². The molecule has 150 valence electrons. The number of rotatable bonds is 9. The predicted molar refractivity (Wildman–Crippen MR) is 114 cm³/mol. The van der Waals surface area contributed by atoms with Crippen molar-refractivity contribution in [2.45, 2.75) is 52.6 Å². The molecular weight excluding hydrogens is 372 g/mol. The fourth-order valence-electron chi connectivity index (χ4n) is 3.01. The van der Waals surface area contributed by atoms with Gasteiger partial charge in [-0.15, -0.1) is 0 Å². The van der Waals surface area contributed by atoms with Gasteiger partial charge in [0, 0.05) is 18.1 Å². The van der Waals surface area contributed by atoms with E-state index >= 15 is 0 Å². The average Bonchev–Trinajstić information content (AvgIpc) is 2.67. The molecule has 0 saturated carbocycles. The van der Waals surface area contributed by atoms with Crippen LogP contribution < -0.4 is 5.32 Å². The van der Waals surface area contributed by atoms with E-state index in [9.17, 15) is 9.59 Å². The molecule has 28 heavy (non-hydrogen) atoms. The van der Waals surface area contributed by atoms with Gasteiger partial charge in [-0.3, -0.25) is 9.59 Å². The standard InChI is InChI=1S/C23H29ClN2O2/c1-4-5-13-25-23(28)18(3)26(16-20-11-7-6-9-17(20)2)22(27)15-19-10-8-12-21(24)14-19/h6-12,14,18H,4-5,13,15-16H2,1-3H3,(H,25,28)/t18-/m1/s1. The lowest BCUT2D eigenvalue weighted by Gasteiger charge is -2.29. The Morgan fingerprint density at radius 2 is 1.89 bits per heavy atom. The first-order chi connectivity index (χ1) is 13.4. The highest BCUT2D eigenvalue weighted by molar-refractivity contribution is 6.30. The van der Waals surface area contributed by atoms with Gasteiger partial charge < -0.3 is 10.2 Å². The second-order valence-corrected chi connectivity index (χ2v) is 7.51. The Bertz CT molecular complexity index is 807. The largest absolute Gasteiger partial charge is 0.354 e. The lowest BCUT2D eigenvalue weighted by atomic mass is 10.1. The van der Waals surface area contributed by atoms with Gasteiger partial charge >= 0.3 is 0 Å². The zero-order valence-electron chi connectivity index (χ0n) is 16.9. The van der Waals surface area contributed by atoms with E-state index in [1.54, 1.807) is 24.0 Å². The molecule has 0 bridgehead atoms. The molecule has 0 radical (unpaired) electrons. The molecule has 1 N–H and O–H groups in total. The summed E-state index contributed by atoms with van der Waals surface area (Å²) in [5, 5.41) is 3.54. The van der Waals surface area contributed by atoms with Crippen molar-refractivity contribution in [3.05, 3.63) is 70.2 Å². The molecule has 0 fully saturated rings. The Balaban J connectivity index is 2.20. The number of amides is 2. The molecule has 0 spiro atoms. The van der Waals surface area contributed by atoms with Crippen molar-refractivity contribution >= 4 is 23.4 Å². The van der Waals surface area contributed by atoms with Crippen molar-refractivity contribution in [3.63, 3.8) is 0 Å². The average molecular weight is 401 g/mol. The predicted octanol–water partition coefficient (Wildman–Crippen LogP) is 4.52. The zero-order chi connectivity index (χ0) is 20.5. The summed E-state index contributed by atoms with van der Waals surface area (Å²) in [6, 6.07) is 14.7. The molecule has 0 aliphatic carbocycles. The van der Waals surface area contributed by atoms with E-state index in [-0.39, 0.29) is 18.2 Å². The number of carbonyl (C=O) groups is 2. The Kier molecular flexibility index (Phi) is 8.52. The van der Waals surface area contributed by atoms with Crippen LogP contribution in [0.2, 0.25) is 5.02 Å². The van der Waals surface area contributed by atoms with Crippen LogP contribution in [0.3, 0.4) is 0 Å². The summed E-state index contributed by atoms with van der Waals surface area (Å²) in [5.74, 6) is -0.217. The highest BCUT2D eigenvalue weighted by atomic mass is 35.5. The van der Waals surface area contributed by atoms with Crippen molar-refractivity contribution in [1.29, 1.82) is 0 Å². The summed E-state index contributed by atoms with van der Waals surface area (Å²) in [6.45, 7) is 6.90. The quantitative estimate of drug-likeness (QED) is 0.629. The maximum absolute atomic E-state index is 13.1. The molecule has 0 aliphatic rings. The van der Waals surface area contributed by atoms with Crippen LogP contribution in [0, 0.1) is 6.92 Å². The third-order valence-corrected chi connectivity index (χ3v) is 5.08. The molecule has 4 nitrogen and oxygen atoms in total. The van der Waals surface area contributed by atoms with Crippen molar-refractivity contribution in [2.75, 3.05) is 6.54 Å². The van der Waals surface area contributed by atoms with Gasteiger partial charge in [-0.05, 0) is 49.1 Å². The smallest absolute Gasteiger partial charge is 0.242 e. The molecular formula is C23H29ClN2O2. The number of hydrogen-bond acceptors (Lipinski definition) is 2. The molecule has 2 aromatic carbocycles. The summed E-state index contributed by atoms with van der Waals surface area (Å²) in [4.78, 5) is 27.4. The minimum atomic E-state index is -0.553. The van der Waals surface area contributed by atoms with E-state index < -0.39 is 6.04 Å². The summed E-state index contributed by atoms with van der Waals surface area (Å²) < 4.78 is 0. The Morgan fingerprint density at radius 3 is 2.57 bits per heavy atom. The number of unbranched alkanes of at least 4 members (excludes halogenated alkanes) is 1. The SMILES string of the molecule is CCCCNC(=O)[C@@H](C)N(Cc1ccccc1C)C(=O)Cc1cccc(Cl)c1. The van der Waals surface area contributed by atoms with Crippen LogP contribution in [-0.4, -0.2) is 29.3 Å². The summed E-state index contributed by atoms with van der Waals surface area (Å²) in [5.41, 5.74) is 2.97. The number of carbonyl (C=O) groups excluding carboxylic acids is 2. The third-order valence-electron chi connectivity index (χ3n) is 4.84. The first kappa shape index (κ1) is 22.0. The Hall–Kier alpha value is -2.33. The number of hydrogen-bond donors (Lipinski definition) is 1. The fraction of sp³-hybridized carbons (Fsp3) is 0.391. The highest BCUT2D eigenvalue weighted by Gasteiger charge is 2.26. The van der Waals surface area contributed by atoms with Crippen molar-refractivity contribution in [2.24, 2.45) is 0 Å². The topological polar surface area (TPSA) is 49.4 Å². The highest BCUT2D eigenvalue weighted by Crippen LogP contribution is 2.17. The molecule has 0 aromatic heterocycles. The number of nitrogens with zero attached hydrogens (tertiary/aromatic N) is 1. The van der Waals surface area contributed by atoms with Crippen LogP contribution in [0.4, 0.5) is 0 Å². The summed E-state index contributed by atoms with van der Waals surface area (Å²) >= 11 is 6.05. The lowest BCUT2D eigenvalue weighted by molar-refractivity contribution is -0.140. The van der Waals surface area contributed by atoms with Crippen LogP contribution >= 0.6 is 11.6 Å². The second-order valence-electron chi connectivity index (χ2n) is 7.08. The molecule has 1 atom stereocenters. The maximum Gasteiger partial charge on any atom is 0.242 e. The lowest BCUT2D eigenvalue weighted by Crippen LogP contribution is -2.48.